The van der Waals surface area contributed by atoms with E-state index in [2.05, 4.69) is 38.2 Å². The van der Waals surface area contributed by atoms with Crippen molar-refractivity contribution in [2.75, 3.05) is 13.1 Å². The first-order chi connectivity index (χ1) is 8.87. The van der Waals surface area contributed by atoms with Crippen LogP contribution in [-0.2, 0) is 0 Å². The second kappa shape index (κ2) is 5.21. The minimum atomic E-state index is -0.834. The summed E-state index contributed by atoms with van der Waals surface area (Å²) in [6.07, 6.45) is -0.834. The van der Waals surface area contributed by atoms with Crippen molar-refractivity contribution in [1.29, 1.82) is 0 Å². The Hall–Kier alpha value is -1.55. The number of hydrogen-bond acceptors (Lipinski definition) is 2. The summed E-state index contributed by atoms with van der Waals surface area (Å²) in [6, 6.07) is 10.3. The Kier molecular flexibility index (Phi) is 3.80. The molecule has 1 saturated heterocycles. The third-order valence-corrected chi connectivity index (χ3v) is 3.44. The molecule has 1 heterocycles. The Labute approximate surface area is 114 Å². The molecule has 2 N–H and O–H groups in total. The van der Waals surface area contributed by atoms with Crippen LogP contribution in [0.2, 0.25) is 0 Å². The number of likely N-dealkylation sites (tertiary alicyclic amines) is 1. The molecule has 0 radical (unpaired) electrons. The first-order valence-corrected chi connectivity index (χ1v) is 6.67. The molecule has 0 spiro atoms. The smallest absolute Gasteiger partial charge is 0.407 e. The second-order valence-electron chi connectivity index (χ2n) is 6.21. The van der Waals surface area contributed by atoms with E-state index in [-0.39, 0.29) is 17.5 Å². The fourth-order valence-corrected chi connectivity index (χ4v) is 2.70. The highest BCUT2D eigenvalue weighted by molar-refractivity contribution is 5.65. The lowest BCUT2D eigenvalue weighted by molar-refractivity contribution is 0.153. The van der Waals surface area contributed by atoms with Gasteiger partial charge in [-0.2, -0.15) is 0 Å². The Morgan fingerprint density at radius 1 is 1.26 bits per heavy atom. The average molecular weight is 262 g/mol. The molecule has 1 aromatic rings. The first kappa shape index (κ1) is 13.9. The van der Waals surface area contributed by atoms with Crippen LogP contribution >= 0.6 is 0 Å². The molecule has 0 aliphatic carbocycles. The topological polar surface area (TPSA) is 52.6 Å². The van der Waals surface area contributed by atoms with E-state index in [1.165, 1.54) is 10.5 Å². The molecule has 2 atom stereocenters. The molecule has 4 heteroatoms. The quantitative estimate of drug-likeness (QED) is 0.861. The summed E-state index contributed by atoms with van der Waals surface area (Å²) in [5, 5.41) is 12.7. The van der Waals surface area contributed by atoms with Crippen LogP contribution in [0.3, 0.4) is 0 Å². The van der Waals surface area contributed by atoms with Crippen molar-refractivity contribution in [2.45, 2.75) is 38.3 Å². The number of carboxylic acid groups (broad SMARTS) is 1. The maximum absolute atomic E-state index is 11.2. The Morgan fingerprint density at radius 3 is 2.42 bits per heavy atom. The summed E-state index contributed by atoms with van der Waals surface area (Å²) in [7, 11) is 0. The molecule has 0 bridgehead atoms. The van der Waals surface area contributed by atoms with Crippen molar-refractivity contribution < 1.29 is 9.90 Å². The molecule has 19 heavy (non-hydrogen) atoms. The van der Waals surface area contributed by atoms with E-state index < -0.39 is 6.09 Å². The van der Waals surface area contributed by atoms with Crippen LogP contribution in [0.4, 0.5) is 4.79 Å². The zero-order chi connectivity index (χ0) is 14.0. The molecule has 1 aromatic carbocycles. The van der Waals surface area contributed by atoms with E-state index >= 15 is 0 Å². The molecule has 1 amide bonds. The van der Waals surface area contributed by atoms with E-state index in [0.29, 0.717) is 13.1 Å². The second-order valence-corrected chi connectivity index (χ2v) is 6.21. The van der Waals surface area contributed by atoms with Gasteiger partial charge in [-0.1, -0.05) is 30.3 Å². The van der Waals surface area contributed by atoms with Crippen LogP contribution in [0, 0.1) is 0 Å². The Balaban J connectivity index is 2.20. The summed E-state index contributed by atoms with van der Waals surface area (Å²) in [4.78, 5) is 12.7. The van der Waals surface area contributed by atoms with Crippen LogP contribution in [0.5, 0.6) is 0 Å². The molecular weight excluding hydrogens is 240 g/mol. The Morgan fingerprint density at radius 2 is 1.89 bits per heavy atom. The molecule has 0 aromatic heterocycles. The number of benzene rings is 1. The minimum absolute atomic E-state index is 0.0216. The molecule has 2 unspecified atom stereocenters. The lowest BCUT2D eigenvalue weighted by Crippen LogP contribution is -2.47. The zero-order valence-electron chi connectivity index (χ0n) is 11.8. The van der Waals surface area contributed by atoms with Gasteiger partial charge in [0.05, 0.1) is 0 Å². The van der Waals surface area contributed by atoms with Crippen LogP contribution in [-0.4, -0.2) is 40.8 Å². The molecule has 1 aliphatic rings. The summed E-state index contributed by atoms with van der Waals surface area (Å²) in [5.41, 5.74) is 1.18. The van der Waals surface area contributed by atoms with Gasteiger partial charge in [-0.3, -0.25) is 0 Å². The lowest BCUT2D eigenvalue weighted by atomic mass is 9.92. The minimum Gasteiger partial charge on any atom is -0.465 e. The van der Waals surface area contributed by atoms with Gasteiger partial charge in [0.1, 0.15) is 0 Å². The van der Waals surface area contributed by atoms with Gasteiger partial charge in [0.15, 0.2) is 0 Å². The van der Waals surface area contributed by atoms with Crippen molar-refractivity contribution in [3.63, 3.8) is 0 Å². The average Bonchev–Trinajstić information content (AvgIpc) is 2.72. The van der Waals surface area contributed by atoms with E-state index in [4.69, 9.17) is 0 Å². The highest BCUT2D eigenvalue weighted by Gasteiger charge is 2.37. The maximum Gasteiger partial charge on any atom is 0.407 e. The van der Waals surface area contributed by atoms with Gasteiger partial charge in [-0.25, -0.2) is 4.79 Å². The number of carbonyl (C=O) groups is 1. The van der Waals surface area contributed by atoms with Crippen molar-refractivity contribution in [3.8, 4) is 0 Å². The van der Waals surface area contributed by atoms with Gasteiger partial charge in [0.2, 0.25) is 0 Å². The molecule has 2 rings (SSSR count). The van der Waals surface area contributed by atoms with E-state index in [9.17, 15) is 9.90 Å². The summed E-state index contributed by atoms with van der Waals surface area (Å²) in [5.74, 6) is 0.219. The fraction of sp³-hybridized carbons (Fsp3) is 0.533. The molecule has 4 nitrogen and oxygen atoms in total. The first-order valence-electron chi connectivity index (χ1n) is 6.67. The summed E-state index contributed by atoms with van der Waals surface area (Å²) >= 11 is 0. The highest BCUT2D eigenvalue weighted by atomic mass is 16.4. The number of nitrogens with one attached hydrogen (secondary N) is 1. The normalized spacial score (nSPS) is 23.6. The molecule has 1 fully saturated rings. The van der Waals surface area contributed by atoms with E-state index in [1.54, 1.807) is 0 Å². The third-order valence-electron chi connectivity index (χ3n) is 3.44. The number of hydrogen-bond donors (Lipinski definition) is 2. The van der Waals surface area contributed by atoms with Crippen LogP contribution < -0.4 is 5.32 Å². The highest BCUT2D eigenvalue weighted by Crippen LogP contribution is 2.28. The predicted octanol–water partition coefficient (Wildman–Crippen LogP) is 2.52. The van der Waals surface area contributed by atoms with Crippen LogP contribution in [0.15, 0.2) is 30.3 Å². The largest absolute Gasteiger partial charge is 0.465 e. The van der Waals surface area contributed by atoms with Gasteiger partial charge in [-0.15, -0.1) is 0 Å². The van der Waals surface area contributed by atoms with Gasteiger partial charge in [0, 0.05) is 30.6 Å². The lowest BCUT2D eigenvalue weighted by Gasteiger charge is -2.29. The number of amides is 1. The van der Waals surface area contributed by atoms with Gasteiger partial charge in [0.25, 0.3) is 0 Å². The van der Waals surface area contributed by atoms with Gasteiger partial charge >= 0.3 is 6.09 Å². The summed E-state index contributed by atoms with van der Waals surface area (Å²) in [6.45, 7) is 7.44. The Bertz CT molecular complexity index is 439. The monoisotopic (exact) mass is 262 g/mol. The summed E-state index contributed by atoms with van der Waals surface area (Å²) < 4.78 is 0. The van der Waals surface area contributed by atoms with Crippen LogP contribution in [0.25, 0.3) is 0 Å². The molecule has 104 valence electrons. The van der Waals surface area contributed by atoms with Crippen molar-refractivity contribution in [2.24, 2.45) is 0 Å². The number of rotatable bonds is 2. The third kappa shape index (κ3) is 3.47. The molecule has 0 saturated carbocycles. The van der Waals surface area contributed by atoms with Crippen molar-refractivity contribution >= 4 is 6.09 Å². The van der Waals surface area contributed by atoms with Crippen molar-refractivity contribution in [1.82, 2.24) is 10.2 Å². The van der Waals surface area contributed by atoms with E-state index in [0.717, 1.165) is 0 Å². The van der Waals surface area contributed by atoms with Gasteiger partial charge < -0.3 is 15.3 Å². The van der Waals surface area contributed by atoms with Crippen molar-refractivity contribution in [3.05, 3.63) is 35.9 Å². The molecule has 1 aliphatic heterocycles. The van der Waals surface area contributed by atoms with Crippen LogP contribution in [0.1, 0.15) is 32.3 Å². The number of nitrogens with zero attached hydrogens (tertiary/aromatic N) is 1. The SMILES string of the molecule is CC(C)(C)NC1CN(C(=O)O)CC1c1ccccc1. The maximum atomic E-state index is 11.2. The zero-order valence-corrected chi connectivity index (χ0v) is 11.8. The predicted molar refractivity (Wildman–Crippen MR) is 75.5 cm³/mol. The van der Waals surface area contributed by atoms with Gasteiger partial charge in [-0.05, 0) is 26.3 Å². The fourth-order valence-electron chi connectivity index (χ4n) is 2.70. The van der Waals surface area contributed by atoms with E-state index in [1.807, 2.05) is 18.2 Å². The standard InChI is InChI=1S/C15H22N2O2/c1-15(2,3)16-13-10-17(14(18)19)9-12(13)11-7-5-4-6-8-11/h4-8,12-13,16H,9-10H2,1-3H3,(H,18,19). The molecular formula is C15H22N2O2.